The number of fused-ring (bicyclic) bond motifs is 1. The molecule has 3 aliphatic rings. The molecule has 0 bridgehead atoms. The number of likely N-dealkylation sites (tertiary alicyclic amines) is 1. The van der Waals surface area contributed by atoms with Crippen molar-refractivity contribution < 1.29 is 23.9 Å². The second-order valence-corrected chi connectivity index (χ2v) is 10.0. The van der Waals surface area contributed by atoms with Crippen LogP contribution in [0, 0.1) is 5.92 Å². The Kier molecular flexibility index (Phi) is 8.45. The number of piperidine rings is 1. The van der Waals surface area contributed by atoms with Crippen molar-refractivity contribution in [2.45, 2.75) is 45.2 Å². The summed E-state index contributed by atoms with van der Waals surface area (Å²) in [5.74, 6) is 0.290. The normalized spacial score (nSPS) is 19.7. The third-order valence-electron chi connectivity index (χ3n) is 7.76. The lowest BCUT2D eigenvalue weighted by molar-refractivity contribution is -0.125. The van der Waals surface area contributed by atoms with Crippen molar-refractivity contribution in [2.75, 3.05) is 57.8 Å². The van der Waals surface area contributed by atoms with E-state index in [1.165, 1.54) is 7.11 Å². The van der Waals surface area contributed by atoms with E-state index in [-0.39, 0.29) is 30.4 Å². The number of anilines is 1. The molecular formula is C26H37N5O5. The summed E-state index contributed by atoms with van der Waals surface area (Å²) in [6.07, 6.45) is 2.92. The van der Waals surface area contributed by atoms with Crippen LogP contribution in [0.4, 0.5) is 10.5 Å². The Morgan fingerprint density at radius 2 is 1.86 bits per heavy atom. The van der Waals surface area contributed by atoms with Crippen LogP contribution in [0.2, 0.25) is 0 Å². The highest BCUT2D eigenvalue weighted by Gasteiger charge is 2.32. The van der Waals surface area contributed by atoms with Gasteiger partial charge in [0.2, 0.25) is 12.3 Å². The van der Waals surface area contributed by atoms with E-state index >= 15 is 0 Å². The molecule has 1 N–H and O–H groups in total. The van der Waals surface area contributed by atoms with Gasteiger partial charge in [0.05, 0.1) is 7.11 Å². The topological polar surface area (TPSA) is 102 Å². The fourth-order valence-electron chi connectivity index (χ4n) is 5.50. The number of imide groups is 1. The first kappa shape index (κ1) is 25.9. The molecule has 1 aromatic rings. The number of ether oxygens (including phenoxy) is 1. The molecule has 36 heavy (non-hydrogen) atoms. The summed E-state index contributed by atoms with van der Waals surface area (Å²) in [5.41, 5.74) is 2.91. The summed E-state index contributed by atoms with van der Waals surface area (Å²) >= 11 is 0. The molecular weight excluding hydrogens is 462 g/mol. The van der Waals surface area contributed by atoms with Crippen molar-refractivity contribution >= 4 is 30.0 Å². The number of nitrogens with zero attached hydrogens (tertiary/aromatic N) is 4. The predicted octanol–water partition coefficient (Wildman–Crippen LogP) is 1.68. The van der Waals surface area contributed by atoms with Crippen molar-refractivity contribution in [3.8, 4) is 0 Å². The molecule has 2 saturated heterocycles. The standard InChI is InChI=1S/C26H37N5O5/c1-19(3-6-24(33)27-18-32)31-17-21-15-22(4-5-23(21)25(31)34)29-13-11-28(12-14-29)16-20-7-9-30(10-8-20)26(35)36-2/h4-5,15,18-20H,3,6-14,16-17H2,1-2H3,(H,27,32,33). The molecule has 1 atom stereocenters. The molecule has 2 fully saturated rings. The van der Waals surface area contributed by atoms with Crippen LogP contribution in [0.15, 0.2) is 18.2 Å². The fourth-order valence-corrected chi connectivity index (χ4v) is 5.50. The lowest BCUT2D eigenvalue weighted by Gasteiger charge is -2.39. The lowest BCUT2D eigenvalue weighted by Crippen LogP contribution is -2.49. The highest BCUT2D eigenvalue weighted by atomic mass is 16.5. The molecule has 0 aromatic heterocycles. The third-order valence-corrected chi connectivity index (χ3v) is 7.76. The Morgan fingerprint density at radius 1 is 1.14 bits per heavy atom. The van der Waals surface area contributed by atoms with E-state index in [1.807, 2.05) is 24.0 Å². The van der Waals surface area contributed by atoms with Gasteiger partial charge in [-0.05, 0) is 55.9 Å². The maximum absolute atomic E-state index is 12.9. The van der Waals surface area contributed by atoms with Crippen LogP contribution in [0.3, 0.4) is 0 Å². The van der Waals surface area contributed by atoms with Gasteiger partial charge in [-0.1, -0.05) is 0 Å². The maximum atomic E-state index is 12.9. The molecule has 3 aliphatic heterocycles. The predicted molar refractivity (Wildman–Crippen MR) is 135 cm³/mol. The number of hydrogen-bond acceptors (Lipinski definition) is 7. The monoisotopic (exact) mass is 499 g/mol. The molecule has 10 nitrogen and oxygen atoms in total. The highest BCUT2D eigenvalue weighted by molar-refractivity contribution is 5.99. The quantitative estimate of drug-likeness (QED) is 0.543. The number of methoxy groups -OCH3 is 1. The minimum absolute atomic E-state index is 0.00270. The average Bonchev–Trinajstić information content (AvgIpc) is 3.23. The Balaban J connectivity index is 1.25. The Hall–Kier alpha value is -3.14. The first-order valence-corrected chi connectivity index (χ1v) is 12.9. The molecule has 10 heteroatoms. The number of carbonyl (C=O) groups is 4. The van der Waals surface area contributed by atoms with Gasteiger partial charge in [-0.25, -0.2) is 4.79 Å². The van der Waals surface area contributed by atoms with Gasteiger partial charge >= 0.3 is 6.09 Å². The number of benzene rings is 1. The first-order valence-electron chi connectivity index (χ1n) is 12.9. The van der Waals surface area contributed by atoms with Crippen LogP contribution in [0.25, 0.3) is 0 Å². The summed E-state index contributed by atoms with van der Waals surface area (Å²) in [6.45, 7) is 8.98. The lowest BCUT2D eigenvalue weighted by atomic mass is 9.96. The highest BCUT2D eigenvalue weighted by Crippen LogP contribution is 2.30. The number of piperazine rings is 1. The largest absolute Gasteiger partial charge is 0.453 e. The van der Waals surface area contributed by atoms with Gasteiger partial charge < -0.3 is 19.4 Å². The van der Waals surface area contributed by atoms with Crippen molar-refractivity contribution in [3.63, 3.8) is 0 Å². The summed E-state index contributed by atoms with van der Waals surface area (Å²) in [6, 6.07) is 6.02. The summed E-state index contributed by atoms with van der Waals surface area (Å²) in [5, 5.41) is 2.15. The molecule has 3 heterocycles. The number of hydrogen-bond donors (Lipinski definition) is 1. The van der Waals surface area contributed by atoms with E-state index < -0.39 is 0 Å². The number of rotatable bonds is 8. The SMILES string of the molecule is COC(=O)N1CCC(CN2CCN(c3ccc4c(c3)CN(C(C)CCC(=O)NC=O)C4=O)CC2)CC1. The zero-order valence-electron chi connectivity index (χ0n) is 21.3. The Labute approximate surface area is 212 Å². The third kappa shape index (κ3) is 5.98. The molecule has 0 saturated carbocycles. The van der Waals surface area contributed by atoms with Gasteiger partial charge in [0, 0.05) is 76.1 Å². The zero-order valence-corrected chi connectivity index (χ0v) is 21.3. The van der Waals surface area contributed by atoms with E-state index in [4.69, 9.17) is 4.74 Å². The van der Waals surface area contributed by atoms with Crippen molar-refractivity contribution in [3.05, 3.63) is 29.3 Å². The number of nitrogens with one attached hydrogen (secondary N) is 1. The molecule has 0 aliphatic carbocycles. The van der Waals surface area contributed by atoms with Crippen LogP contribution < -0.4 is 10.2 Å². The Bertz CT molecular complexity index is 969. The van der Waals surface area contributed by atoms with Gasteiger partial charge in [-0.2, -0.15) is 0 Å². The van der Waals surface area contributed by atoms with Gasteiger partial charge in [-0.3, -0.25) is 24.6 Å². The molecule has 196 valence electrons. The Morgan fingerprint density at radius 3 is 2.53 bits per heavy atom. The second kappa shape index (κ2) is 11.7. The van der Waals surface area contributed by atoms with Crippen LogP contribution in [0.1, 0.15) is 48.5 Å². The summed E-state index contributed by atoms with van der Waals surface area (Å²) < 4.78 is 4.83. The van der Waals surface area contributed by atoms with Gasteiger partial charge in [0.25, 0.3) is 5.91 Å². The van der Waals surface area contributed by atoms with Gasteiger partial charge in [0.1, 0.15) is 0 Å². The van der Waals surface area contributed by atoms with Gasteiger partial charge in [-0.15, -0.1) is 0 Å². The maximum Gasteiger partial charge on any atom is 0.409 e. The second-order valence-electron chi connectivity index (χ2n) is 10.0. The van der Waals surface area contributed by atoms with Crippen LogP contribution in [0.5, 0.6) is 0 Å². The van der Waals surface area contributed by atoms with E-state index in [9.17, 15) is 19.2 Å². The van der Waals surface area contributed by atoms with Crippen molar-refractivity contribution in [1.29, 1.82) is 0 Å². The average molecular weight is 500 g/mol. The molecule has 4 amide bonds. The first-order chi connectivity index (χ1) is 17.4. The van der Waals surface area contributed by atoms with E-state index in [0.717, 1.165) is 75.5 Å². The molecule has 4 rings (SSSR count). The molecule has 1 unspecified atom stereocenters. The van der Waals surface area contributed by atoms with Gasteiger partial charge in [0.15, 0.2) is 0 Å². The van der Waals surface area contributed by atoms with E-state index in [0.29, 0.717) is 25.3 Å². The van der Waals surface area contributed by atoms with Crippen LogP contribution in [-0.2, 0) is 20.9 Å². The molecule has 0 spiro atoms. The zero-order chi connectivity index (χ0) is 25.7. The van der Waals surface area contributed by atoms with E-state index in [1.54, 1.807) is 4.90 Å². The van der Waals surface area contributed by atoms with E-state index in [2.05, 4.69) is 21.2 Å². The van der Waals surface area contributed by atoms with Crippen molar-refractivity contribution in [2.24, 2.45) is 5.92 Å². The van der Waals surface area contributed by atoms with Crippen LogP contribution >= 0.6 is 0 Å². The summed E-state index contributed by atoms with van der Waals surface area (Å²) in [7, 11) is 1.43. The molecule has 0 radical (unpaired) electrons. The minimum atomic E-state index is -0.325. The smallest absolute Gasteiger partial charge is 0.409 e. The fraction of sp³-hybridized carbons (Fsp3) is 0.615. The number of carbonyl (C=O) groups excluding carboxylic acids is 4. The summed E-state index contributed by atoms with van der Waals surface area (Å²) in [4.78, 5) is 55.1. The van der Waals surface area contributed by atoms with Crippen LogP contribution in [-0.4, -0.2) is 98.0 Å². The minimum Gasteiger partial charge on any atom is -0.453 e. The molecule has 1 aromatic carbocycles. The van der Waals surface area contributed by atoms with Crippen molar-refractivity contribution in [1.82, 2.24) is 20.0 Å². The number of amides is 4.